The summed E-state index contributed by atoms with van der Waals surface area (Å²) in [7, 11) is 0. The molecular formula is C14H9BrFN3O. The highest BCUT2D eigenvalue weighted by Gasteiger charge is 2.18. The van der Waals surface area contributed by atoms with E-state index in [0.717, 1.165) is 16.2 Å². The molecule has 3 rings (SSSR count). The molecule has 2 aromatic heterocycles. The molecule has 0 unspecified atom stereocenters. The van der Waals surface area contributed by atoms with Crippen molar-refractivity contribution in [2.75, 3.05) is 5.73 Å². The zero-order chi connectivity index (χ0) is 14.1. The van der Waals surface area contributed by atoms with Crippen molar-refractivity contribution in [2.24, 2.45) is 0 Å². The molecule has 4 nitrogen and oxygen atoms in total. The Balaban J connectivity index is 2.20. The Labute approximate surface area is 122 Å². The summed E-state index contributed by atoms with van der Waals surface area (Å²) in [4.78, 5) is 3.82. The van der Waals surface area contributed by atoms with Gasteiger partial charge in [-0.15, -0.1) is 0 Å². The number of pyridine rings is 1. The zero-order valence-electron chi connectivity index (χ0n) is 10.2. The molecule has 0 amide bonds. The Morgan fingerprint density at radius 2 is 2.00 bits per heavy atom. The van der Waals surface area contributed by atoms with E-state index < -0.39 is 5.82 Å². The Morgan fingerprint density at radius 1 is 1.15 bits per heavy atom. The van der Waals surface area contributed by atoms with Gasteiger partial charge in [0.05, 0.1) is 11.8 Å². The molecular weight excluding hydrogens is 325 g/mol. The van der Waals surface area contributed by atoms with Crippen LogP contribution < -0.4 is 5.73 Å². The van der Waals surface area contributed by atoms with E-state index in [4.69, 9.17) is 10.3 Å². The van der Waals surface area contributed by atoms with Gasteiger partial charge in [-0.2, -0.15) is 0 Å². The van der Waals surface area contributed by atoms with Crippen molar-refractivity contribution in [3.8, 4) is 22.4 Å². The van der Waals surface area contributed by atoms with Crippen LogP contribution in [0, 0.1) is 5.82 Å². The first-order chi connectivity index (χ1) is 9.65. The molecule has 0 saturated carbocycles. The third-order valence-corrected chi connectivity index (χ3v) is 3.30. The van der Waals surface area contributed by atoms with Gasteiger partial charge in [-0.05, 0) is 23.8 Å². The average Bonchev–Trinajstić information content (AvgIpc) is 2.80. The first-order valence-electron chi connectivity index (χ1n) is 5.77. The summed E-state index contributed by atoms with van der Waals surface area (Å²) in [5, 5.41) is 3.91. The molecule has 2 N–H and O–H groups in total. The van der Waals surface area contributed by atoms with Crippen LogP contribution >= 0.6 is 15.9 Å². The van der Waals surface area contributed by atoms with Gasteiger partial charge < -0.3 is 10.3 Å². The maximum Gasteiger partial charge on any atom is 0.230 e. The van der Waals surface area contributed by atoms with Crippen molar-refractivity contribution in [3.05, 3.63) is 53.0 Å². The highest BCUT2D eigenvalue weighted by Crippen LogP contribution is 2.36. The third-order valence-electron chi connectivity index (χ3n) is 2.81. The van der Waals surface area contributed by atoms with Crippen LogP contribution in [0.1, 0.15) is 0 Å². The molecule has 0 spiro atoms. The van der Waals surface area contributed by atoms with Crippen molar-refractivity contribution in [2.45, 2.75) is 0 Å². The molecule has 20 heavy (non-hydrogen) atoms. The van der Waals surface area contributed by atoms with Crippen LogP contribution in [0.25, 0.3) is 22.4 Å². The van der Waals surface area contributed by atoms with Crippen molar-refractivity contribution in [3.63, 3.8) is 0 Å². The summed E-state index contributed by atoms with van der Waals surface area (Å²) in [6, 6.07) is 8.88. The molecule has 0 aliphatic heterocycles. The van der Waals surface area contributed by atoms with Gasteiger partial charge in [-0.3, -0.25) is 4.98 Å². The molecule has 0 atom stereocenters. The maximum atomic E-state index is 13.3. The monoisotopic (exact) mass is 333 g/mol. The second-order valence-electron chi connectivity index (χ2n) is 4.17. The smallest absolute Gasteiger partial charge is 0.230 e. The standard InChI is InChI=1S/C14H9BrFN3O/c15-10-3-1-2-8(4-10)12-13(19-20-14(12)17)9-5-11(16)7-18-6-9/h1-7H,17H2. The fourth-order valence-electron chi connectivity index (χ4n) is 1.96. The molecule has 100 valence electrons. The van der Waals surface area contributed by atoms with E-state index in [2.05, 4.69) is 26.1 Å². The number of anilines is 1. The van der Waals surface area contributed by atoms with Crippen LogP contribution in [-0.2, 0) is 0 Å². The van der Waals surface area contributed by atoms with E-state index in [-0.39, 0.29) is 5.88 Å². The number of hydrogen-bond acceptors (Lipinski definition) is 4. The highest BCUT2D eigenvalue weighted by molar-refractivity contribution is 9.10. The molecule has 0 aliphatic carbocycles. The van der Waals surface area contributed by atoms with E-state index in [9.17, 15) is 4.39 Å². The molecule has 3 aromatic rings. The quantitative estimate of drug-likeness (QED) is 0.772. The van der Waals surface area contributed by atoms with Crippen molar-refractivity contribution < 1.29 is 8.91 Å². The first-order valence-corrected chi connectivity index (χ1v) is 6.56. The number of halogens is 2. The van der Waals surface area contributed by atoms with Crippen molar-refractivity contribution in [1.82, 2.24) is 10.1 Å². The number of aromatic nitrogens is 2. The number of rotatable bonds is 2. The molecule has 0 radical (unpaired) electrons. The van der Waals surface area contributed by atoms with E-state index in [0.29, 0.717) is 16.8 Å². The minimum atomic E-state index is -0.440. The fourth-order valence-corrected chi connectivity index (χ4v) is 2.36. The van der Waals surface area contributed by atoms with Gasteiger partial charge in [-0.1, -0.05) is 33.2 Å². The highest BCUT2D eigenvalue weighted by atomic mass is 79.9. The van der Waals surface area contributed by atoms with Gasteiger partial charge in [0.2, 0.25) is 5.88 Å². The Bertz CT molecular complexity index is 773. The van der Waals surface area contributed by atoms with E-state index in [1.54, 1.807) is 0 Å². The second-order valence-corrected chi connectivity index (χ2v) is 5.09. The molecule has 6 heteroatoms. The van der Waals surface area contributed by atoms with E-state index in [1.807, 2.05) is 24.3 Å². The van der Waals surface area contributed by atoms with Crippen LogP contribution in [0.15, 0.2) is 51.7 Å². The SMILES string of the molecule is Nc1onc(-c2cncc(F)c2)c1-c1cccc(Br)c1. The van der Waals surface area contributed by atoms with Gasteiger partial charge in [0, 0.05) is 16.2 Å². The molecule has 2 heterocycles. The summed E-state index contributed by atoms with van der Waals surface area (Å²) < 4.78 is 19.2. The molecule has 1 aromatic carbocycles. The molecule has 0 fully saturated rings. The minimum absolute atomic E-state index is 0.183. The Kier molecular flexibility index (Phi) is 3.23. The lowest BCUT2D eigenvalue weighted by Crippen LogP contribution is -1.89. The normalized spacial score (nSPS) is 10.7. The third kappa shape index (κ3) is 2.30. The van der Waals surface area contributed by atoms with Gasteiger partial charge in [0.25, 0.3) is 0 Å². The number of benzene rings is 1. The summed E-state index contributed by atoms with van der Waals surface area (Å²) in [5.41, 5.74) is 8.27. The average molecular weight is 334 g/mol. The largest absolute Gasteiger partial charge is 0.367 e. The van der Waals surface area contributed by atoms with E-state index in [1.165, 1.54) is 12.3 Å². The van der Waals surface area contributed by atoms with Gasteiger partial charge in [-0.25, -0.2) is 4.39 Å². The molecule has 0 saturated heterocycles. The van der Waals surface area contributed by atoms with E-state index >= 15 is 0 Å². The van der Waals surface area contributed by atoms with Gasteiger partial charge in [0.1, 0.15) is 11.5 Å². The van der Waals surface area contributed by atoms with Crippen LogP contribution in [0.2, 0.25) is 0 Å². The molecule has 0 bridgehead atoms. The number of nitrogens with two attached hydrogens (primary N) is 1. The summed E-state index contributed by atoms with van der Waals surface area (Å²) in [5.74, 6) is -0.258. The fraction of sp³-hybridized carbons (Fsp3) is 0. The van der Waals surface area contributed by atoms with Crippen LogP contribution in [0.5, 0.6) is 0 Å². The topological polar surface area (TPSA) is 64.9 Å². The van der Waals surface area contributed by atoms with Crippen molar-refractivity contribution in [1.29, 1.82) is 0 Å². The summed E-state index contributed by atoms with van der Waals surface area (Å²) >= 11 is 3.40. The van der Waals surface area contributed by atoms with Crippen LogP contribution in [0.3, 0.4) is 0 Å². The first kappa shape index (κ1) is 12.8. The Morgan fingerprint density at radius 3 is 2.75 bits per heavy atom. The van der Waals surface area contributed by atoms with Gasteiger partial charge >= 0.3 is 0 Å². The second kappa shape index (κ2) is 5.05. The predicted octanol–water partition coefficient (Wildman–Crippen LogP) is 3.89. The van der Waals surface area contributed by atoms with Crippen molar-refractivity contribution >= 4 is 21.8 Å². The zero-order valence-corrected chi connectivity index (χ0v) is 11.8. The number of hydrogen-bond donors (Lipinski definition) is 1. The Hall–Kier alpha value is -2.21. The lowest BCUT2D eigenvalue weighted by molar-refractivity contribution is 0.439. The number of nitrogens with zero attached hydrogens (tertiary/aromatic N) is 2. The number of nitrogen functional groups attached to an aromatic ring is 1. The molecule has 0 aliphatic rings. The minimum Gasteiger partial charge on any atom is -0.367 e. The summed E-state index contributed by atoms with van der Waals surface area (Å²) in [6.45, 7) is 0. The maximum absolute atomic E-state index is 13.3. The summed E-state index contributed by atoms with van der Waals surface area (Å²) in [6.07, 6.45) is 2.65. The van der Waals surface area contributed by atoms with Crippen LogP contribution in [-0.4, -0.2) is 10.1 Å². The lowest BCUT2D eigenvalue weighted by Gasteiger charge is -2.03. The van der Waals surface area contributed by atoms with Gasteiger partial charge in [0.15, 0.2) is 0 Å². The van der Waals surface area contributed by atoms with Crippen LogP contribution in [0.4, 0.5) is 10.3 Å². The lowest BCUT2D eigenvalue weighted by atomic mass is 10.0. The predicted molar refractivity (Wildman–Crippen MR) is 77.2 cm³/mol.